The summed E-state index contributed by atoms with van der Waals surface area (Å²) < 4.78 is 10.9. The van der Waals surface area contributed by atoms with E-state index in [0.717, 1.165) is 6.42 Å². The van der Waals surface area contributed by atoms with Gasteiger partial charge in [-0.1, -0.05) is 0 Å². The molecule has 1 fully saturated rings. The van der Waals surface area contributed by atoms with E-state index in [2.05, 4.69) is 15.3 Å². The van der Waals surface area contributed by atoms with Gasteiger partial charge in [0.2, 0.25) is 5.88 Å². The molecule has 1 N–H and O–H groups in total. The van der Waals surface area contributed by atoms with Crippen LogP contribution in [0.4, 0.5) is 5.69 Å². The van der Waals surface area contributed by atoms with Crippen LogP contribution in [0.2, 0.25) is 0 Å². The Balaban J connectivity index is 1.68. The Hall–Kier alpha value is -2.47. The van der Waals surface area contributed by atoms with Gasteiger partial charge in [-0.15, -0.1) is 0 Å². The second-order valence-electron chi connectivity index (χ2n) is 4.68. The monoisotopic (exact) mass is 285 g/mol. The average molecular weight is 285 g/mol. The van der Waals surface area contributed by atoms with Crippen molar-refractivity contribution in [1.29, 1.82) is 0 Å². The maximum atomic E-state index is 12.2. The van der Waals surface area contributed by atoms with Crippen molar-refractivity contribution in [3.8, 4) is 5.88 Å². The van der Waals surface area contributed by atoms with Crippen LogP contribution < -0.4 is 10.1 Å². The number of ether oxygens (including phenoxy) is 2. The molecule has 0 aliphatic carbocycles. The number of nitrogens with zero attached hydrogens (tertiary/aromatic N) is 2. The third kappa shape index (κ3) is 3.55. The molecule has 0 radical (unpaired) electrons. The summed E-state index contributed by atoms with van der Waals surface area (Å²) >= 11 is 0. The molecule has 108 valence electrons. The number of nitrogens with one attached hydrogen (secondary N) is 1. The molecular formula is C15H15N3O3. The van der Waals surface area contributed by atoms with Crippen LogP contribution in [-0.4, -0.2) is 35.2 Å². The largest absolute Gasteiger partial charge is 0.472 e. The lowest BCUT2D eigenvalue weighted by Gasteiger charge is -2.11. The summed E-state index contributed by atoms with van der Waals surface area (Å²) in [4.78, 5) is 20.2. The van der Waals surface area contributed by atoms with Gasteiger partial charge >= 0.3 is 0 Å². The summed E-state index contributed by atoms with van der Waals surface area (Å²) in [6.07, 6.45) is 5.66. The van der Waals surface area contributed by atoms with E-state index in [9.17, 15) is 4.79 Å². The minimum Gasteiger partial charge on any atom is -0.472 e. The highest BCUT2D eigenvalue weighted by molar-refractivity contribution is 6.04. The number of amides is 1. The quantitative estimate of drug-likeness (QED) is 0.928. The molecule has 21 heavy (non-hydrogen) atoms. The Morgan fingerprint density at radius 2 is 2.14 bits per heavy atom. The molecule has 1 atom stereocenters. The van der Waals surface area contributed by atoms with Crippen molar-refractivity contribution in [3.05, 3.63) is 48.4 Å². The molecule has 3 rings (SSSR count). The number of carbonyl (C=O) groups is 1. The van der Waals surface area contributed by atoms with Crippen LogP contribution >= 0.6 is 0 Å². The van der Waals surface area contributed by atoms with Crippen molar-refractivity contribution >= 4 is 11.6 Å². The van der Waals surface area contributed by atoms with Crippen molar-refractivity contribution in [2.24, 2.45) is 0 Å². The summed E-state index contributed by atoms with van der Waals surface area (Å²) in [6.45, 7) is 1.27. The summed E-state index contributed by atoms with van der Waals surface area (Å²) in [7, 11) is 0. The average Bonchev–Trinajstić information content (AvgIpc) is 3.01. The van der Waals surface area contributed by atoms with Gasteiger partial charge in [-0.25, -0.2) is 4.98 Å². The number of anilines is 1. The van der Waals surface area contributed by atoms with Crippen LogP contribution in [-0.2, 0) is 4.74 Å². The Morgan fingerprint density at radius 1 is 1.29 bits per heavy atom. The Morgan fingerprint density at radius 3 is 2.90 bits per heavy atom. The number of aromatic nitrogens is 2. The minimum atomic E-state index is -0.212. The zero-order valence-corrected chi connectivity index (χ0v) is 11.4. The van der Waals surface area contributed by atoms with Gasteiger partial charge in [0.15, 0.2) is 0 Å². The van der Waals surface area contributed by atoms with Crippen LogP contribution in [0.15, 0.2) is 42.9 Å². The molecule has 2 aromatic rings. The molecule has 0 bridgehead atoms. The molecule has 6 nitrogen and oxygen atoms in total. The van der Waals surface area contributed by atoms with Gasteiger partial charge < -0.3 is 14.8 Å². The molecule has 1 aliphatic rings. The predicted octanol–water partition coefficient (Wildman–Crippen LogP) is 1.90. The van der Waals surface area contributed by atoms with Crippen LogP contribution in [0.3, 0.4) is 0 Å². The Labute approximate surface area is 122 Å². The normalized spacial score (nSPS) is 17.4. The highest BCUT2D eigenvalue weighted by Gasteiger charge is 2.18. The SMILES string of the molecule is O=C(Nc1ccncc1)c1ccnc(O[C@H]2CCOC2)c1. The molecular weight excluding hydrogens is 270 g/mol. The van der Waals surface area contributed by atoms with Crippen molar-refractivity contribution in [1.82, 2.24) is 9.97 Å². The van der Waals surface area contributed by atoms with Crippen LogP contribution in [0.5, 0.6) is 5.88 Å². The smallest absolute Gasteiger partial charge is 0.255 e. The number of rotatable bonds is 4. The van der Waals surface area contributed by atoms with E-state index in [1.165, 1.54) is 0 Å². The minimum absolute atomic E-state index is 0.0102. The summed E-state index contributed by atoms with van der Waals surface area (Å²) in [5.74, 6) is 0.226. The van der Waals surface area contributed by atoms with E-state index in [-0.39, 0.29) is 12.0 Å². The fourth-order valence-corrected chi connectivity index (χ4v) is 2.03. The molecule has 1 saturated heterocycles. The van der Waals surface area contributed by atoms with Crippen molar-refractivity contribution in [2.75, 3.05) is 18.5 Å². The van der Waals surface area contributed by atoms with E-state index >= 15 is 0 Å². The number of hydrogen-bond donors (Lipinski definition) is 1. The van der Waals surface area contributed by atoms with Gasteiger partial charge in [0.25, 0.3) is 5.91 Å². The van der Waals surface area contributed by atoms with Gasteiger partial charge in [-0.05, 0) is 18.2 Å². The zero-order chi connectivity index (χ0) is 14.5. The van der Waals surface area contributed by atoms with Gasteiger partial charge in [0, 0.05) is 42.3 Å². The molecule has 1 aliphatic heterocycles. The van der Waals surface area contributed by atoms with Crippen LogP contribution in [0.1, 0.15) is 16.8 Å². The Bertz CT molecular complexity index is 613. The second-order valence-corrected chi connectivity index (χ2v) is 4.68. The lowest BCUT2D eigenvalue weighted by molar-refractivity contribution is 0.102. The fraction of sp³-hybridized carbons (Fsp3) is 0.267. The molecule has 0 unspecified atom stereocenters. The fourth-order valence-electron chi connectivity index (χ4n) is 2.03. The summed E-state index contributed by atoms with van der Waals surface area (Å²) in [6, 6.07) is 6.74. The van der Waals surface area contributed by atoms with Crippen molar-refractivity contribution in [2.45, 2.75) is 12.5 Å². The third-order valence-corrected chi connectivity index (χ3v) is 3.11. The van der Waals surface area contributed by atoms with Gasteiger partial charge in [-0.3, -0.25) is 9.78 Å². The first-order chi connectivity index (χ1) is 10.3. The van der Waals surface area contributed by atoms with E-state index in [1.54, 1.807) is 42.9 Å². The standard InChI is InChI=1S/C15H15N3O3/c19-15(18-12-2-5-16-6-3-12)11-1-7-17-14(9-11)21-13-4-8-20-10-13/h1-3,5-7,9,13H,4,8,10H2,(H,16,18,19)/t13-/m0/s1. The van der Waals surface area contributed by atoms with Crippen LogP contribution in [0.25, 0.3) is 0 Å². The molecule has 0 saturated carbocycles. The maximum Gasteiger partial charge on any atom is 0.255 e. The first-order valence-electron chi connectivity index (χ1n) is 6.73. The molecule has 6 heteroatoms. The number of hydrogen-bond acceptors (Lipinski definition) is 5. The lowest BCUT2D eigenvalue weighted by Crippen LogP contribution is -2.17. The van der Waals surface area contributed by atoms with E-state index < -0.39 is 0 Å². The highest BCUT2D eigenvalue weighted by atomic mass is 16.5. The van der Waals surface area contributed by atoms with Gasteiger partial charge in [0.1, 0.15) is 6.10 Å². The molecule has 1 amide bonds. The number of carbonyl (C=O) groups excluding carboxylic acids is 1. The van der Waals surface area contributed by atoms with Crippen LogP contribution in [0, 0.1) is 0 Å². The van der Waals surface area contributed by atoms with Gasteiger partial charge in [0.05, 0.1) is 13.2 Å². The molecule has 3 heterocycles. The zero-order valence-electron chi connectivity index (χ0n) is 11.4. The van der Waals surface area contributed by atoms with E-state index in [1.807, 2.05) is 0 Å². The predicted molar refractivity (Wildman–Crippen MR) is 76.3 cm³/mol. The first kappa shape index (κ1) is 13.5. The lowest BCUT2D eigenvalue weighted by atomic mass is 10.2. The number of pyridine rings is 2. The first-order valence-corrected chi connectivity index (χ1v) is 6.73. The summed E-state index contributed by atoms with van der Waals surface area (Å²) in [5, 5.41) is 2.79. The topological polar surface area (TPSA) is 73.3 Å². The molecule has 0 spiro atoms. The van der Waals surface area contributed by atoms with E-state index in [0.29, 0.717) is 30.3 Å². The third-order valence-electron chi connectivity index (χ3n) is 3.11. The van der Waals surface area contributed by atoms with E-state index in [4.69, 9.17) is 9.47 Å². The van der Waals surface area contributed by atoms with Gasteiger partial charge in [-0.2, -0.15) is 0 Å². The Kier molecular flexibility index (Phi) is 4.07. The second kappa shape index (κ2) is 6.32. The molecule has 0 aromatic carbocycles. The maximum absolute atomic E-state index is 12.2. The summed E-state index contributed by atoms with van der Waals surface area (Å²) in [5.41, 5.74) is 1.19. The molecule has 2 aromatic heterocycles. The van der Waals surface area contributed by atoms with Crippen molar-refractivity contribution in [3.63, 3.8) is 0 Å². The van der Waals surface area contributed by atoms with Crippen molar-refractivity contribution < 1.29 is 14.3 Å². The highest BCUT2D eigenvalue weighted by Crippen LogP contribution is 2.16.